The molecule has 2 unspecified atom stereocenters. The Bertz CT molecular complexity index is 1360. The van der Waals surface area contributed by atoms with Gasteiger partial charge in [0.1, 0.15) is 6.54 Å². The quantitative estimate of drug-likeness (QED) is 0.484. The van der Waals surface area contributed by atoms with Gasteiger partial charge < -0.3 is 19.4 Å². The third kappa shape index (κ3) is 3.67. The van der Waals surface area contributed by atoms with Crippen molar-refractivity contribution in [2.24, 2.45) is 5.92 Å². The molecule has 2 aliphatic rings. The molecule has 0 spiro atoms. The van der Waals surface area contributed by atoms with E-state index in [1.807, 2.05) is 39.9 Å². The van der Waals surface area contributed by atoms with Crippen LogP contribution in [0, 0.1) is 16.0 Å². The lowest BCUT2D eigenvalue weighted by Crippen LogP contribution is -2.50. The van der Waals surface area contributed by atoms with Crippen LogP contribution in [0.1, 0.15) is 25.0 Å². The van der Waals surface area contributed by atoms with Gasteiger partial charge in [-0.1, -0.05) is 6.07 Å². The molecule has 2 aliphatic heterocycles. The lowest BCUT2D eigenvalue weighted by Gasteiger charge is -2.42. The second kappa shape index (κ2) is 7.88. The zero-order valence-corrected chi connectivity index (χ0v) is 18.1. The van der Waals surface area contributed by atoms with E-state index >= 15 is 0 Å². The molecular formula is C23H23N5O5. The molecule has 0 radical (unpaired) electrons. The van der Waals surface area contributed by atoms with Crippen molar-refractivity contribution in [1.29, 1.82) is 0 Å². The highest BCUT2D eigenvalue weighted by Gasteiger charge is 2.37. The molecule has 170 valence electrons. The van der Waals surface area contributed by atoms with Crippen molar-refractivity contribution in [2.45, 2.75) is 32.4 Å². The molecular weight excluding hydrogens is 426 g/mol. The summed E-state index contributed by atoms with van der Waals surface area (Å²) in [4.78, 5) is 49.5. The van der Waals surface area contributed by atoms with E-state index in [4.69, 9.17) is 0 Å². The lowest BCUT2D eigenvalue weighted by molar-refractivity contribution is -0.386. The summed E-state index contributed by atoms with van der Waals surface area (Å²) < 4.78 is 3.39. The van der Waals surface area contributed by atoms with Crippen LogP contribution >= 0.6 is 0 Å². The SMILES string of the molecule is CC(=O)Nc1cccc2c1ccn2CC(=O)N1CC2CC(C1)c1ccc([N+](=O)[O-])c(=O)n1C2. The second-order valence-corrected chi connectivity index (χ2v) is 8.78. The number of nitro groups is 1. The molecule has 3 aromatic rings. The predicted octanol–water partition coefficient (Wildman–Crippen LogP) is 2.32. The molecule has 10 heteroatoms. The minimum absolute atomic E-state index is 0.0233. The van der Waals surface area contributed by atoms with E-state index in [0.717, 1.165) is 23.0 Å². The molecule has 2 aromatic heterocycles. The number of nitrogens with one attached hydrogen (secondary N) is 1. The van der Waals surface area contributed by atoms with Crippen LogP contribution in [0.4, 0.5) is 11.4 Å². The summed E-state index contributed by atoms with van der Waals surface area (Å²) in [7, 11) is 0. The van der Waals surface area contributed by atoms with Crippen LogP contribution in [0.25, 0.3) is 10.9 Å². The third-order valence-corrected chi connectivity index (χ3v) is 6.56. The summed E-state index contributed by atoms with van der Waals surface area (Å²) in [5, 5.41) is 14.8. The molecule has 33 heavy (non-hydrogen) atoms. The summed E-state index contributed by atoms with van der Waals surface area (Å²) in [6.07, 6.45) is 2.69. The molecule has 5 rings (SSSR count). The van der Waals surface area contributed by atoms with Gasteiger partial charge in [0.2, 0.25) is 11.8 Å². The zero-order chi connectivity index (χ0) is 23.3. The van der Waals surface area contributed by atoms with Crippen LogP contribution in [0.2, 0.25) is 0 Å². The fourth-order valence-electron chi connectivity index (χ4n) is 5.18. The van der Waals surface area contributed by atoms with Crippen LogP contribution in [0.3, 0.4) is 0 Å². The van der Waals surface area contributed by atoms with Gasteiger partial charge in [0, 0.05) is 55.8 Å². The first-order valence-corrected chi connectivity index (χ1v) is 10.8. The molecule has 2 bridgehead atoms. The van der Waals surface area contributed by atoms with Crippen LogP contribution in [-0.4, -0.2) is 43.9 Å². The highest BCUT2D eigenvalue weighted by Crippen LogP contribution is 2.36. The average Bonchev–Trinajstić information content (AvgIpc) is 3.17. The van der Waals surface area contributed by atoms with E-state index in [2.05, 4.69) is 5.32 Å². The number of hydrogen-bond acceptors (Lipinski definition) is 5. The maximum atomic E-state index is 13.2. The summed E-state index contributed by atoms with van der Waals surface area (Å²) in [5.74, 6) is -0.129. The van der Waals surface area contributed by atoms with Gasteiger partial charge in [-0.15, -0.1) is 0 Å². The third-order valence-electron chi connectivity index (χ3n) is 6.56. The molecule has 2 amide bonds. The number of carbonyl (C=O) groups is 2. The van der Waals surface area contributed by atoms with Crippen molar-refractivity contribution in [3.63, 3.8) is 0 Å². The molecule has 2 atom stereocenters. The predicted molar refractivity (Wildman–Crippen MR) is 121 cm³/mol. The summed E-state index contributed by atoms with van der Waals surface area (Å²) in [6, 6.07) is 10.4. The van der Waals surface area contributed by atoms with Gasteiger partial charge in [0.15, 0.2) is 0 Å². The first-order valence-electron chi connectivity index (χ1n) is 10.8. The molecule has 0 aliphatic carbocycles. The average molecular weight is 449 g/mol. The largest absolute Gasteiger partial charge is 0.340 e. The Morgan fingerprint density at radius 1 is 1.15 bits per heavy atom. The minimum Gasteiger partial charge on any atom is -0.340 e. The van der Waals surface area contributed by atoms with Crippen molar-refractivity contribution in [3.05, 3.63) is 68.8 Å². The number of anilines is 1. The monoisotopic (exact) mass is 449 g/mol. The van der Waals surface area contributed by atoms with Crippen molar-refractivity contribution in [3.8, 4) is 0 Å². The Labute approximate surface area is 188 Å². The number of piperidine rings is 1. The first kappa shape index (κ1) is 20.9. The van der Waals surface area contributed by atoms with Gasteiger partial charge in [-0.2, -0.15) is 0 Å². The Morgan fingerprint density at radius 3 is 2.73 bits per heavy atom. The Balaban J connectivity index is 1.37. The van der Waals surface area contributed by atoms with Crippen molar-refractivity contribution in [1.82, 2.24) is 14.0 Å². The van der Waals surface area contributed by atoms with Gasteiger partial charge >= 0.3 is 11.2 Å². The Morgan fingerprint density at radius 2 is 1.97 bits per heavy atom. The summed E-state index contributed by atoms with van der Waals surface area (Å²) in [6.45, 7) is 2.99. The highest BCUT2D eigenvalue weighted by molar-refractivity contribution is 6.01. The number of fused-ring (bicyclic) bond motifs is 5. The van der Waals surface area contributed by atoms with Crippen molar-refractivity contribution in [2.75, 3.05) is 18.4 Å². The number of benzene rings is 1. The molecule has 1 aromatic carbocycles. The van der Waals surface area contributed by atoms with Gasteiger partial charge in [-0.25, -0.2) is 0 Å². The van der Waals surface area contributed by atoms with E-state index in [0.29, 0.717) is 25.3 Å². The fraction of sp³-hybridized carbons (Fsp3) is 0.348. The number of aromatic nitrogens is 2. The Hall–Kier alpha value is -3.95. The van der Waals surface area contributed by atoms with Gasteiger partial charge in [0.25, 0.3) is 0 Å². The fourth-order valence-corrected chi connectivity index (χ4v) is 5.18. The van der Waals surface area contributed by atoms with E-state index in [-0.39, 0.29) is 30.2 Å². The van der Waals surface area contributed by atoms with Crippen LogP contribution < -0.4 is 10.9 Å². The van der Waals surface area contributed by atoms with Gasteiger partial charge in [-0.3, -0.25) is 24.5 Å². The maximum absolute atomic E-state index is 13.2. The molecule has 1 fully saturated rings. The van der Waals surface area contributed by atoms with Gasteiger partial charge in [-0.05, 0) is 36.6 Å². The summed E-state index contributed by atoms with van der Waals surface area (Å²) in [5.41, 5.74) is 1.34. The van der Waals surface area contributed by atoms with Crippen molar-refractivity contribution >= 4 is 34.1 Å². The van der Waals surface area contributed by atoms with Crippen LogP contribution in [-0.2, 0) is 22.7 Å². The lowest BCUT2D eigenvalue weighted by atomic mass is 9.83. The number of likely N-dealkylation sites (tertiary alicyclic amines) is 1. The van der Waals surface area contributed by atoms with Crippen LogP contribution in [0.5, 0.6) is 0 Å². The van der Waals surface area contributed by atoms with E-state index in [9.17, 15) is 24.5 Å². The number of carbonyl (C=O) groups excluding carboxylic acids is 2. The smallest absolute Gasteiger partial charge is 0.334 e. The summed E-state index contributed by atoms with van der Waals surface area (Å²) >= 11 is 0. The van der Waals surface area contributed by atoms with E-state index < -0.39 is 16.2 Å². The number of nitrogens with zero attached hydrogens (tertiary/aromatic N) is 4. The molecule has 4 heterocycles. The molecule has 1 saturated heterocycles. The minimum atomic E-state index is -0.644. The number of pyridine rings is 1. The maximum Gasteiger partial charge on any atom is 0.334 e. The number of amides is 2. The molecule has 0 saturated carbocycles. The number of rotatable bonds is 4. The zero-order valence-electron chi connectivity index (χ0n) is 18.1. The molecule has 1 N–H and O–H groups in total. The van der Waals surface area contributed by atoms with Crippen LogP contribution in [0.15, 0.2) is 47.4 Å². The normalized spacial score (nSPS) is 19.2. The second-order valence-electron chi connectivity index (χ2n) is 8.78. The first-order chi connectivity index (χ1) is 15.8. The topological polar surface area (TPSA) is 119 Å². The van der Waals surface area contributed by atoms with Gasteiger partial charge in [0.05, 0.1) is 16.1 Å². The molecule has 10 nitrogen and oxygen atoms in total. The Kier molecular flexibility index (Phi) is 4.99. The highest BCUT2D eigenvalue weighted by atomic mass is 16.6. The van der Waals surface area contributed by atoms with E-state index in [1.54, 1.807) is 6.07 Å². The van der Waals surface area contributed by atoms with E-state index in [1.165, 1.54) is 17.6 Å². The standard InChI is InChI=1S/C23H23N5O5/c1-14(29)24-18-3-2-4-20-17(18)7-8-25(20)13-22(30)26-10-15-9-16(12-26)19-5-6-21(28(32)33)23(31)27(19)11-15/h2-8,15-16H,9-13H2,1H3,(H,24,29). The van der Waals surface area contributed by atoms with Crippen molar-refractivity contribution < 1.29 is 14.5 Å². The number of hydrogen-bond donors (Lipinski definition) is 1.